The van der Waals surface area contributed by atoms with Crippen molar-refractivity contribution in [3.05, 3.63) is 58.7 Å². The molecular formula is C23H30ClN3OS. The summed E-state index contributed by atoms with van der Waals surface area (Å²) >= 11 is 1.59. The maximum atomic E-state index is 13.5. The molecule has 1 amide bonds. The van der Waals surface area contributed by atoms with Gasteiger partial charge in [-0.15, -0.1) is 12.4 Å². The number of likely N-dealkylation sites (N-methyl/N-ethyl adjacent to an activating group) is 1. The van der Waals surface area contributed by atoms with Crippen molar-refractivity contribution < 1.29 is 4.79 Å². The predicted molar refractivity (Wildman–Crippen MR) is 127 cm³/mol. The van der Waals surface area contributed by atoms with E-state index in [0.29, 0.717) is 6.54 Å². The fourth-order valence-corrected chi connectivity index (χ4v) is 4.40. The second-order valence-corrected chi connectivity index (χ2v) is 8.28. The number of hydrogen-bond donors (Lipinski definition) is 0. The first-order valence-corrected chi connectivity index (χ1v) is 10.7. The van der Waals surface area contributed by atoms with Crippen molar-refractivity contribution in [2.75, 3.05) is 31.1 Å². The van der Waals surface area contributed by atoms with Crippen LogP contribution in [0.15, 0.2) is 36.4 Å². The Morgan fingerprint density at radius 3 is 2.31 bits per heavy atom. The number of nitrogens with zero attached hydrogens (tertiary/aromatic N) is 3. The number of amides is 1. The number of thiazole rings is 1. The molecule has 1 heterocycles. The molecule has 0 atom stereocenters. The third kappa shape index (κ3) is 5.35. The molecule has 0 spiro atoms. The number of carbonyl (C=O) groups excluding carboxylic acids is 1. The monoisotopic (exact) mass is 431 g/mol. The van der Waals surface area contributed by atoms with Crippen LogP contribution in [0.1, 0.15) is 40.9 Å². The molecule has 4 nitrogen and oxygen atoms in total. The van der Waals surface area contributed by atoms with Crippen LogP contribution in [0.2, 0.25) is 0 Å². The molecule has 3 rings (SSSR count). The van der Waals surface area contributed by atoms with Gasteiger partial charge in [0.05, 0.1) is 10.2 Å². The maximum Gasteiger partial charge on any atom is 0.260 e. The molecule has 1 aromatic heterocycles. The fraction of sp³-hybridized carbons (Fsp3) is 0.391. The van der Waals surface area contributed by atoms with Crippen molar-refractivity contribution >= 4 is 45.0 Å². The highest BCUT2D eigenvalue weighted by Crippen LogP contribution is 2.31. The summed E-state index contributed by atoms with van der Waals surface area (Å²) < 4.78 is 1.12. The Balaban J connectivity index is 0.00000300. The summed E-state index contributed by atoms with van der Waals surface area (Å²) in [7, 11) is 0. The highest BCUT2D eigenvalue weighted by molar-refractivity contribution is 7.22. The van der Waals surface area contributed by atoms with Gasteiger partial charge < -0.3 is 4.90 Å². The Bertz CT molecular complexity index is 981. The van der Waals surface area contributed by atoms with Crippen LogP contribution in [-0.4, -0.2) is 42.0 Å². The lowest BCUT2D eigenvalue weighted by molar-refractivity contribution is 0.0983. The zero-order valence-corrected chi connectivity index (χ0v) is 19.5. The molecule has 0 aliphatic heterocycles. The van der Waals surface area contributed by atoms with Gasteiger partial charge in [0.2, 0.25) is 0 Å². The zero-order valence-electron chi connectivity index (χ0n) is 17.9. The molecular weight excluding hydrogens is 402 g/mol. The molecule has 0 saturated heterocycles. The summed E-state index contributed by atoms with van der Waals surface area (Å²) in [5, 5.41) is 0.777. The van der Waals surface area contributed by atoms with Gasteiger partial charge in [-0.25, -0.2) is 4.98 Å². The smallest absolute Gasteiger partial charge is 0.260 e. The molecule has 3 aromatic rings. The van der Waals surface area contributed by atoms with Gasteiger partial charge in [-0.2, -0.15) is 0 Å². The minimum atomic E-state index is 0. The standard InChI is InChI=1S/C23H29N3OS.ClH/c1-6-25(7-2)12-13-26(22(27)19-14-16(3)8-10-18(19)5)23-24-20-11-9-17(4)15-21(20)28-23;/h8-11,14-15H,6-7,12-13H2,1-5H3;1H. The Kier molecular flexibility index (Phi) is 8.20. The van der Waals surface area contributed by atoms with Crippen molar-refractivity contribution in [2.45, 2.75) is 34.6 Å². The first-order chi connectivity index (χ1) is 13.4. The summed E-state index contributed by atoms with van der Waals surface area (Å²) in [6, 6.07) is 12.3. The first-order valence-electron chi connectivity index (χ1n) is 9.91. The van der Waals surface area contributed by atoms with Crippen molar-refractivity contribution in [2.24, 2.45) is 0 Å². The maximum absolute atomic E-state index is 13.5. The normalized spacial score (nSPS) is 11.0. The number of aryl methyl sites for hydroxylation is 3. The second-order valence-electron chi connectivity index (χ2n) is 7.27. The van der Waals surface area contributed by atoms with E-state index in [-0.39, 0.29) is 18.3 Å². The van der Waals surface area contributed by atoms with Gasteiger partial charge in [0.25, 0.3) is 5.91 Å². The highest BCUT2D eigenvalue weighted by atomic mass is 35.5. The third-order valence-electron chi connectivity index (χ3n) is 5.17. The number of fused-ring (bicyclic) bond motifs is 1. The number of benzene rings is 2. The summed E-state index contributed by atoms with van der Waals surface area (Å²) in [5.41, 5.74) is 5.01. The van der Waals surface area contributed by atoms with E-state index in [2.05, 4.69) is 37.8 Å². The molecule has 156 valence electrons. The second kappa shape index (κ2) is 10.2. The lowest BCUT2D eigenvalue weighted by Crippen LogP contribution is -2.39. The number of rotatable bonds is 7. The van der Waals surface area contributed by atoms with Crippen molar-refractivity contribution in [3.63, 3.8) is 0 Å². The largest absolute Gasteiger partial charge is 0.302 e. The summed E-state index contributed by atoms with van der Waals surface area (Å²) in [6.07, 6.45) is 0. The molecule has 0 aliphatic rings. The molecule has 0 fully saturated rings. The molecule has 2 aromatic carbocycles. The van der Waals surface area contributed by atoms with Crippen LogP contribution in [0.4, 0.5) is 5.13 Å². The van der Waals surface area contributed by atoms with Crippen LogP contribution in [0.25, 0.3) is 10.2 Å². The number of carbonyl (C=O) groups is 1. The van der Waals surface area contributed by atoms with Gasteiger partial charge in [0.15, 0.2) is 5.13 Å². The summed E-state index contributed by atoms with van der Waals surface area (Å²) in [6.45, 7) is 13.8. The Labute approximate surface area is 184 Å². The van der Waals surface area contributed by atoms with Crippen LogP contribution in [0.5, 0.6) is 0 Å². The van der Waals surface area contributed by atoms with E-state index in [9.17, 15) is 4.79 Å². The van der Waals surface area contributed by atoms with Gasteiger partial charge in [0.1, 0.15) is 0 Å². The van der Waals surface area contributed by atoms with E-state index >= 15 is 0 Å². The highest BCUT2D eigenvalue weighted by Gasteiger charge is 2.23. The SMILES string of the molecule is CCN(CC)CCN(C(=O)c1cc(C)ccc1C)c1nc2ccc(C)cc2s1.Cl. The van der Waals surface area contributed by atoms with Gasteiger partial charge in [-0.05, 0) is 63.2 Å². The Morgan fingerprint density at radius 2 is 1.62 bits per heavy atom. The molecule has 0 unspecified atom stereocenters. The van der Waals surface area contributed by atoms with E-state index in [4.69, 9.17) is 4.98 Å². The van der Waals surface area contributed by atoms with Crippen LogP contribution >= 0.6 is 23.7 Å². The van der Waals surface area contributed by atoms with Gasteiger partial charge in [-0.1, -0.05) is 48.9 Å². The third-order valence-corrected chi connectivity index (χ3v) is 6.21. The van der Waals surface area contributed by atoms with E-state index in [1.165, 1.54) is 5.56 Å². The average molecular weight is 432 g/mol. The van der Waals surface area contributed by atoms with Crippen LogP contribution in [-0.2, 0) is 0 Å². The molecule has 29 heavy (non-hydrogen) atoms. The quantitative estimate of drug-likeness (QED) is 0.486. The van der Waals surface area contributed by atoms with Crippen LogP contribution in [0.3, 0.4) is 0 Å². The number of aromatic nitrogens is 1. The molecule has 0 bridgehead atoms. The van der Waals surface area contributed by atoms with Gasteiger partial charge >= 0.3 is 0 Å². The molecule has 6 heteroatoms. The van der Waals surface area contributed by atoms with Gasteiger partial charge in [0, 0.05) is 18.7 Å². The molecule has 0 radical (unpaired) electrons. The van der Waals surface area contributed by atoms with Crippen molar-refractivity contribution in [1.82, 2.24) is 9.88 Å². The lowest BCUT2D eigenvalue weighted by Gasteiger charge is -2.25. The molecule has 0 N–H and O–H groups in total. The van der Waals surface area contributed by atoms with Crippen molar-refractivity contribution in [1.29, 1.82) is 0 Å². The topological polar surface area (TPSA) is 36.4 Å². The number of anilines is 1. The molecule has 0 aliphatic carbocycles. The minimum Gasteiger partial charge on any atom is -0.302 e. The van der Waals surface area contributed by atoms with E-state index in [1.54, 1.807) is 11.3 Å². The summed E-state index contributed by atoms with van der Waals surface area (Å²) in [4.78, 5) is 22.5. The number of halogens is 1. The zero-order chi connectivity index (χ0) is 20.3. The van der Waals surface area contributed by atoms with E-state index in [1.807, 2.05) is 43.0 Å². The van der Waals surface area contributed by atoms with E-state index in [0.717, 1.165) is 51.7 Å². The van der Waals surface area contributed by atoms with Crippen LogP contribution < -0.4 is 4.90 Å². The number of hydrogen-bond acceptors (Lipinski definition) is 4. The van der Waals surface area contributed by atoms with Gasteiger partial charge in [-0.3, -0.25) is 9.69 Å². The average Bonchev–Trinajstić information content (AvgIpc) is 3.09. The Hall–Kier alpha value is -1.95. The van der Waals surface area contributed by atoms with E-state index < -0.39 is 0 Å². The van der Waals surface area contributed by atoms with Crippen LogP contribution in [0, 0.1) is 20.8 Å². The fourth-order valence-electron chi connectivity index (χ4n) is 3.31. The van der Waals surface area contributed by atoms with Crippen molar-refractivity contribution in [3.8, 4) is 0 Å². The molecule has 0 saturated carbocycles. The lowest BCUT2D eigenvalue weighted by atomic mass is 10.0. The first kappa shape index (κ1) is 23.3. The predicted octanol–water partition coefficient (Wildman–Crippen LogP) is 5.63. The summed E-state index contributed by atoms with van der Waals surface area (Å²) in [5.74, 6) is 0.0316. The minimum absolute atomic E-state index is 0. The Morgan fingerprint density at radius 1 is 0.966 bits per heavy atom.